The highest BCUT2D eigenvalue weighted by molar-refractivity contribution is 5.89. The molecular formula is C22H24F5N3O3. The predicted molar refractivity (Wildman–Crippen MR) is 110 cm³/mol. The lowest BCUT2D eigenvalue weighted by atomic mass is 9.89. The molecule has 2 aromatic rings. The summed E-state index contributed by atoms with van der Waals surface area (Å²) in [4.78, 5) is 17.7. The van der Waals surface area contributed by atoms with Gasteiger partial charge in [-0.2, -0.15) is 13.2 Å². The Morgan fingerprint density at radius 1 is 1.27 bits per heavy atom. The number of hydrogen-bond donors (Lipinski definition) is 3. The van der Waals surface area contributed by atoms with Gasteiger partial charge in [0.25, 0.3) is 0 Å². The number of alkyl halides is 4. The van der Waals surface area contributed by atoms with Crippen LogP contribution in [0.25, 0.3) is 0 Å². The Labute approximate surface area is 187 Å². The third-order valence-electron chi connectivity index (χ3n) is 5.63. The summed E-state index contributed by atoms with van der Waals surface area (Å²) < 4.78 is 68.6. The van der Waals surface area contributed by atoms with Crippen LogP contribution in [0.15, 0.2) is 30.5 Å². The van der Waals surface area contributed by atoms with Gasteiger partial charge in [0, 0.05) is 44.2 Å². The molecule has 0 spiro atoms. The van der Waals surface area contributed by atoms with Crippen LogP contribution in [0.3, 0.4) is 0 Å². The average Bonchev–Trinajstić information content (AvgIpc) is 2.73. The highest BCUT2D eigenvalue weighted by Gasteiger charge is 2.41. The average molecular weight is 473 g/mol. The molecule has 0 aliphatic carbocycles. The molecule has 1 aliphatic rings. The van der Waals surface area contributed by atoms with Crippen LogP contribution in [-0.2, 0) is 18.3 Å². The molecule has 0 saturated carbocycles. The zero-order valence-corrected chi connectivity index (χ0v) is 17.8. The van der Waals surface area contributed by atoms with Crippen molar-refractivity contribution in [3.63, 3.8) is 0 Å². The highest BCUT2D eigenvalue weighted by Crippen LogP contribution is 2.38. The van der Waals surface area contributed by atoms with Crippen LogP contribution in [0.4, 0.5) is 32.4 Å². The number of urea groups is 1. The van der Waals surface area contributed by atoms with Crippen molar-refractivity contribution in [1.29, 1.82) is 0 Å². The number of anilines is 1. The quantitative estimate of drug-likeness (QED) is 0.575. The maximum Gasteiger partial charge on any atom is 0.416 e. The second-order valence-electron chi connectivity index (χ2n) is 8.12. The first-order chi connectivity index (χ1) is 15.4. The van der Waals surface area contributed by atoms with Crippen molar-refractivity contribution in [3.8, 4) is 0 Å². The SMILES string of the molecule is Cc1cc(NC(=O)N2CCC(F)(c3ncc(C[C@H](O)CO)cc3F)CC2)ccc1C(F)(F)F. The molecule has 1 aromatic carbocycles. The summed E-state index contributed by atoms with van der Waals surface area (Å²) in [6.45, 7) is 0.691. The summed E-state index contributed by atoms with van der Waals surface area (Å²) in [5.74, 6) is -0.877. The van der Waals surface area contributed by atoms with Gasteiger partial charge in [-0.1, -0.05) is 0 Å². The lowest BCUT2D eigenvalue weighted by molar-refractivity contribution is -0.138. The first-order valence-corrected chi connectivity index (χ1v) is 10.3. The number of aromatic nitrogens is 1. The van der Waals surface area contributed by atoms with Gasteiger partial charge in [0.05, 0.1) is 18.3 Å². The number of nitrogens with one attached hydrogen (secondary N) is 1. The third-order valence-corrected chi connectivity index (χ3v) is 5.63. The normalized spacial score (nSPS) is 17.0. The van der Waals surface area contributed by atoms with Crippen molar-refractivity contribution in [2.24, 2.45) is 0 Å². The van der Waals surface area contributed by atoms with Crippen LogP contribution >= 0.6 is 0 Å². The molecule has 0 radical (unpaired) electrons. The lowest BCUT2D eigenvalue weighted by Gasteiger charge is -2.36. The number of carbonyl (C=O) groups is 1. The highest BCUT2D eigenvalue weighted by atomic mass is 19.4. The minimum absolute atomic E-state index is 0.0304. The number of nitrogens with zero attached hydrogens (tertiary/aromatic N) is 2. The minimum Gasteiger partial charge on any atom is -0.394 e. The number of piperidine rings is 1. The van der Waals surface area contributed by atoms with Crippen molar-refractivity contribution in [1.82, 2.24) is 9.88 Å². The summed E-state index contributed by atoms with van der Waals surface area (Å²) in [6.07, 6.45) is -4.79. The Morgan fingerprint density at radius 3 is 2.48 bits per heavy atom. The Balaban J connectivity index is 1.63. The number of hydrogen-bond acceptors (Lipinski definition) is 4. The van der Waals surface area contributed by atoms with Crippen LogP contribution in [-0.4, -0.2) is 51.9 Å². The van der Waals surface area contributed by atoms with Crippen molar-refractivity contribution >= 4 is 11.7 Å². The summed E-state index contributed by atoms with van der Waals surface area (Å²) in [7, 11) is 0. The van der Waals surface area contributed by atoms with E-state index < -0.39 is 42.0 Å². The largest absolute Gasteiger partial charge is 0.416 e. The van der Waals surface area contributed by atoms with Crippen LogP contribution in [0.5, 0.6) is 0 Å². The lowest BCUT2D eigenvalue weighted by Crippen LogP contribution is -2.45. The molecule has 6 nitrogen and oxygen atoms in total. The number of aliphatic hydroxyl groups excluding tert-OH is 2. The van der Waals surface area contributed by atoms with Crippen molar-refractivity contribution < 1.29 is 37.0 Å². The molecule has 33 heavy (non-hydrogen) atoms. The molecule has 1 atom stereocenters. The first-order valence-electron chi connectivity index (χ1n) is 10.3. The van der Waals surface area contributed by atoms with Crippen LogP contribution < -0.4 is 5.32 Å². The fraction of sp³-hybridized carbons (Fsp3) is 0.455. The standard InChI is InChI=1S/C22H24F5N3O3/c1-13-8-15(2-3-17(13)22(25,26)27)29-20(33)30-6-4-21(24,5-7-30)19-18(23)10-14(11-28-19)9-16(32)12-31/h2-3,8,10-11,16,31-32H,4-7,9,12H2,1H3,(H,29,33)/t16-/m0/s1. The predicted octanol–water partition coefficient (Wildman–Crippen LogP) is 3.94. The van der Waals surface area contributed by atoms with Gasteiger partial charge in [-0.3, -0.25) is 4.98 Å². The van der Waals surface area contributed by atoms with E-state index in [4.69, 9.17) is 5.11 Å². The molecule has 11 heteroatoms. The van der Waals surface area contributed by atoms with Gasteiger partial charge >= 0.3 is 12.2 Å². The minimum atomic E-state index is -4.50. The monoisotopic (exact) mass is 473 g/mol. The fourth-order valence-corrected chi connectivity index (χ4v) is 3.82. The van der Waals surface area contributed by atoms with Crippen LogP contribution in [0, 0.1) is 12.7 Å². The number of pyridine rings is 1. The van der Waals surface area contributed by atoms with E-state index >= 15 is 4.39 Å². The van der Waals surface area contributed by atoms with E-state index in [2.05, 4.69) is 10.3 Å². The molecule has 0 bridgehead atoms. The van der Waals surface area contributed by atoms with Gasteiger partial charge in [0.1, 0.15) is 11.5 Å². The fourth-order valence-electron chi connectivity index (χ4n) is 3.82. The van der Waals surface area contributed by atoms with Crippen LogP contribution in [0.2, 0.25) is 0 Å². The van der Waals surface area contributed by atoms with E-state index in [-0.39, 0.29) is 49.3 Å². The first kappa shape index (κ1) is 24.8. The number of likely N-dealkylation sites (tertiary alicyclic amines) is 1. The van der Waals surface area contributed by atoms with Crippen molar-refractivity contribution in [2.75, 3.05) is 25.0 Å². The maximum atomic E-state index is 15.4. The van der Waals surface area contributed by atoms with E-state index in [1.807, 2.05) is 0 Å². The molecule has 3 N–H and O–H groups in total. The number of aryl methyl sites for hydroxylation is 1. The van der Waals surface area contributed by atoms with E-state index in [9.17, 15) is 27.5 Å². The molecule has 1 aliphatic heterocycles. The zero-order chi connectivity index (χ0) is 24.4. The Kier molecular flexibility index (Phi) is 7.23. The van der Waals surface area contributed by atoms with E-state index in [1.165, 1.54) is 24.1 Å². The number of benzene rings is 1. The number of aliphatic hydroxyl groups is 2. The Hall–Kier alpha value is -2.79. The molecule has 3 rings (SSSR count). The molecular weight excluding hydrogens is 449 g/mol. The van der Waals surface area contributed by atoms with Gasteiger partial charge in [-0.05, 0) is 42.3 Å². The molecule has 2 heterocycles. The summed E-state index contributed by atoms with van der Waals surface area (Å²) in [6, 6.07) is 3.70. The van der Waals surface area contributed by atoms with Crippen LogP contribution in [0.1, 0.15) is 35.2 Å². The molecule has 180 valence electrons. The van der Waals surface area contributed by atoms with E-state index in [1.54, 1.807) is 0 Å². The second-order valence-corrected chi connectivity index (χ2v) is 8.12. The number of carbonyl (C=O) groups excluding carboxylic acids is 1. The smallest absolute Gasteiger partial charge is 0.394 e. The molecule has 2 amide bonds. The molecule has 1 fully saturated rings. The van der Waals surface area contributed by atoms with Gasteiger partial charge in [-0.25, -0.2) is 13.6 Å². The maximum absolute atomic E-state index is 15.4. The zero-order valence-electron chi connectivity index (χ0n) is 17.8. The number of rotatable bonds is 5. The summed E-state index contributed by atoms with van der Waals surface area (Å²) >= 11 is 0. The van der Waals surface area contributed by atoms with Crippen molar-refractivity contribution in [3.05, 3.63) is 58.7 Å². The summed E-state index contributed by atoms with van der Waals surface area (Å²) in [5.41, 5.74) is -2.84. The van der Waals surface area contributed by atoms with E-state index in [0.717, 1.165) is 18.2 Å². The number of halogens is 5. The van der Waals surface area contributed by atoms with Gasteiger partial charge < -0.3 is 20.4 Å². The van der Waals surface area contributed by atoms with Gasteiger partial charge in [-0.15, -0.1) is 0 Å². The molecule has 1 aromatic heterocycles. The Morgan fingerprint density at radius 2 is 1.94 bits per heavy atom. The van der Waals surface area contributed by atoms with Crippen molar-refractivity contribution in [2.45, 2.75) is 44.1 Å². The van der Waals surface area contributed by atoms with E-state index in [0.29, 0.717) is 5.56 Å². The Bertz CT molecular complexity index is 1010. The van der Waals surface area contributed by atoms with Gasteiger partial charge in [0.2, 0.25) is 0 Å². The van der Waals surface area contributed by atoms with Gasteiger partial charge in [0.15, 0.2) is 5.67 Å². The molecule has 0 unspecified atom stereocenters. The topological polar surface area (TPSA) is 85.7 Å². The third kappa shape index (κ3) is 5.77. The second kappa shape index (κ2) is 9.60. The molecule has 1 saturated heterocycles. The summed E-state index contributed by atoms with van der Waals surface area (Å²) in [5, 5.41) is 20.8. The number of amides is 2.